The van der Waals surface area contributed by atoms with Crippen molar-refractivity contribution in [3.05, 3.63) is 83.8 Å². The average molecular weight is 463 g/mol. The van der Waals surface area contributed by atoms with Crippen molar-refractivity contribution in [2.45, 2.75) is 13.1 Å². The number of anilines is 1. The van der Waals surface area contributed by atoms with Gasteiger partial charge in [-0.2, -0.15) is 0 Å². The van der Waals surface area contributed by atoms with Gasteiger partial charge in [0, 0.05) is 23.0 Å². The quantitative estimate of drug-likeness (QED) is 0.413. The molecule has 5 rings (SSSR count). The maximum atomic E-state index is 13.9. The number of aromatic nitrogens is 7. The molecule has 9 nitrogen and oxygen atoms in total. The number of H-pyrrole nitrogens is 1. The molecule has 0 saturated carbocycles. The van der Waals surface area contributed by atoms with Crippen molar-refractivity contribution in [1.29, 1.82) is 0 Å². The number of hydrogen-bond acceptors (Lipinski definition) is 6. The second kappa shape index (κ2) is 8.75. The van der Waals surface area contributed by atoms with Crippen LogP contribution in [0.15, 0.2) is 67.4 Å². The van der Waals surface area contributed by atoms with Crippen LogP contribution in [-0.2, 0) is 17.9 Å². The maximum absolute atomic E-state index is 13.9. The summed E-state index contributed by atoms with van der Waals surface area (Å²) < 4.78 is 15.4. The highest BCUT2D eigenvalue weighted by Crippen LogP contribution is 2.21. The fourth-order valence-corrected chi connectivity index (χ4v) is 3.66. The molecule has 0 aliphatic rings. The van der Waals surface area contributed by atoms with Gasteiger partial charge in [-0.05, 0) is 35.9 Å². The minimum atomic E-state index is -0.498. The van der Waals surface area contributed by atoms with E-state index >= 15 is 0 Å². The molecule has 1 amide bonds. The Morgan fingerprint density at radius 2 is 1.94 bits per heavy atom. The van der Waals surface area contributed by atoms with Gasteiger partial charge in [0.05, 0.1) is 30.3 Å². The molecule has 3 aromatic heterocycles. The Morgan fingerprint density at radius 3 is 2.70 bits per heavy atom. The number of nitrogens with zero attached hydrogens (tertiary/aromatic N) is 7. The zero-order valence-corrected chi connectivity index (χ0v) is 17.8. The highest BCUT2D eigenvalue weighted by molar-refractivity contribution is 6.30. The molecule has 0 radical (unpaired) electrons. The van der Waals surface area contributed by atoms with Crippen LogP contribution in [0.2, 0.25) is 5.02 Å². The number of nitrogens with one attached hydrogen (secondary N) is 1. The monoisotopic (exact) mass is 462 g/mol. The number of halogens is 2. The van der Waals surface area contributed by atoms with Gasteiger partial charge in [0.2, 0.25) is 5.95 Å². The molecule has 0 fully saturated rings. The van der Waals surface area contributed by atoms with Gasteiger partial charge in [0.15, 0.2) is 0 Å². The number of aromatic amines is 1. The summed E-state index contributed by atoms with van der Waals surface area (Å²) in [6.07, 6.45) is 6.36. The third-order valence-corrected chi connectivity index (χ3v) is 5.18. The van der Waals surface area contributed by atoms with Gasteiger partial charge < -0.3 is 4.98 Å². The molecule has 3 heterocycles. The van der Waals surface area contributed by atoms with Crippen molar-refractivity contribution in [2.24, 2.45) is 0 Å². The van der Waals surface area contributed by atoms with Crippen molar-refractivity contribution < 1.29 is 9.18 Å². The van der Waals surface area contributed by atoms with Crippen LogP contribution >= 0.6 is 11.6 Å². The molecule has 164 valence electrons. The molecule has 0 atom stereocenters. The minimum absolute atomic E-state index is 0.0202. The van der Waals surface area contributed by atoms with Crippen LogP contribution in [0.4, 0.5) is 10.3 Å². The van der Waals surface area contributed by atoms with Crippen LogP contribution < -0.4 is 4.90 Å². The van der Waals surface area contributed by atoms with Crippen LogP contribution in [0, 0.1) is 5.82 Å². The molecule has 0 unspecified atom stereocenters. The topological polar surface area (TPSA) is 105 Å². The number of para-hydroxylation sites is 1. The maximum Gasteiger partial charge on any atom is 0.251 e. The lowest BCUT2D eigenvalue weighted by Gasteiger charge is -2.21. The van der Waals surface area contributed by atoms with Crippen molar-refractivity contribution in [1.82, 2.24) is 34.9 Å². The number of imidazole rings is 1. The minimum Gasteiger partial charge on any atom is -0.345 e. The summed E-state index contributed by atoms with van der Waals surface area (Å²) in [6, 6.07) is 11.4. The van der Waals surface area contributed by atoms with Gasteiger partial charge >= 0.3 is 0 Å². The van der Waals surface area contributed by atoms with E-state index in [1.54, 1.807) is 31.0 Å². The predicted octanol–water partition coefficient (Wildman–Crippen LogP) is 3.64. The van der Waals surface area contributed by atoms with Gasteiger partial charge in [-0.15, -0.1) is 5.10 Å². The summed E-state index contributed by atoms with van der Waals surface area (Å²) in [5.41, 5.74) is 3.34. The Hall–Kier alpha value is -4.18. The number of rotatable bonds is 6. The largest absolute Gasteiger partial charge is 0.345 e. The van der Waals surface area contributed by atoms with Gasteiger partial charge in [0.25, 0.3) is 5.91 Å². The third kappa shape index (κ3) is 4.41. The van der Waals surface area contributed by atoms with Crippen molar-refractivity contribution in [2.75, 3.05) is 4.90 Å². The lowest BCUT2D eigenvalue weighted by atomic mass is 10.2. The fourth-order valence-electron chi connectivity index (χ4n) is 3.42. The van der Waals surface area contributed by atoms with Crippen LogP contribution in [-0.4, -0.2) is 40.8 Å². The van der Waals surface area contributed by atoms with Gasteiger partial charge in [-0.3, -0.25) is 9.69 Å². The lowest BCUT2D eigenvalue weighted by molar-refractivity contribution is -0.119. The van der Waals surface area contributed by atoms with Crippen LogP contribution in [0.1, 0.15) is 5.56 Å². The second-order valence-corrected chi connectivity index (χ2v) is 7.67. The van der Waals surface area contributed by atoms with E-state index in [1.165, 1.54) is 21.7 Å². The predicted molar refractivity (Wildman–Crippen MR) is 120 cm³/mol. The van der Waals surface area contributed by atoms with Crippen molar-refractivity contribution in [3.8, 4) is 11.3 Å². The number of amides is 1. The first kappa shape index (κ1) is 20.7. The number of hydrogen-bond donors (Lipinski definition) is 1. The molecule has 0 aliphatic carbocycles. The first-order valence-electron chi connectivity index (χ1n) is 9.91. The van der Waals surface area contributed by atoms with Gasteiger partial charge in [-0.1, -0.05) is 28.9 Å². The van der Waals surface area contributed by atoms with E-state index in [0.717, 1.165) is 11.2 Å². The molecule has 0 spiro atoms. The zero-order valence-electron chi connectivity index (χ0n) is 17.1. The fraction of sp³-hybridized carbons (Fsp3) is 0.0909. The lowest BCUT2D eigenvalue weighted by Crippen LogP contribution is -2.35. The molecule has 33 heavy (non-hydrogen) atoms. The summed E-state index contributed by atoms with van der Waals surface area (Å²) in [6.45, 7) is -0.0818. The molecule has 1 N–H and O–H groups in total. The van der Waals surface area contributed by atoms with E-state index < -0.39 is 5.82 Å². The highest BCUT2D eigenvalue weighted by Gasteiger charge is 2.21. The summed E-state index contributed by atoms with van der Waals surface area (Å²) >= 11 is 6.01. The van der Waals surface area contributed by atoms with E-state index in [1.807, 2.05) is 24.3 Å². The molecule has 0 bridgehead atoms. The van der Waals surface area contributed by atoms with Crippen molar-refractivity contribution in [3.63, 3.8) is 0 Å². The molecular weight excluding hydrogens is 447 g/mol. The number of fused-ring (bicyclic) bond motifs is 1. The first-order chi connectivity index (χ1) is 16.1. The van der Waals surface area contributed by atoms with E-state index in [2.05, 4.69) is 30.2 Å². The molecular formula is C22H16ClFN8O. The second-order valence-electron chi connectivity index (χ2n) is 7.23. The Bertz CT molecular complexity index is 1400. The van der Waals surface area contributed by atoms with Crippen LogP contribution in [0.5, 0.6) is 0 Å². The zero-order chi connectivity index (χ0) is 22.8. The Kier molecular flexibility index (Phi) is 5.49. The molecule has 5 aromatic rings. The van der Waals surface area contributed by atoms with Gasteiger partial charge in [0.1, 0.15) is 17.9 Å². The van der Waals surface area contributed by atoms with Gasteiger partial charge in [-0.25, -0.2) is 24.0 Å². The van der Waals surface area contributed by atoms with Crippen LogP contribution in [0.25, 0.3) is 22.3 Å². The molecule has 2 aromatic carbocycles. The van der Waals surface area contributed by atoms with E-state index in [4.69, 9.17) is 11.6 Å². The van der Waals surface area contributed by atoms with E-state index in [0.29, 0.717) is 16.6 Å². The summed E-state index contributed by atoms with van der Waals surface area (Å²) in [7, 11) is 0. The molecule has 11 heteroatoms. The summed E-state index contributed by atoms with van der Waals surface area (Å²) in [5, 5.41) is 8.40. The van der Waals surface area contributed by atoms with Crippen LogP contribution in [0.3, 0.4) is 0 Å². The number of benzene rings is 2. The summed E-state index contributed by atoms with van der Waals surface area (Å²) in [5.74, 6) is -0.684. The molecule has 0 saturated heterocycles. The summed E-state index contributed by atoms with van der Waals surface area (Å²) in [4.78, 5) is 30.4. The smallest absolute Gasteiger partial charge is 0.251 e. The SMILES string of the molecule is O=C(Cn1nnc2ccccc21)N(Cc1cc(F)cc(Cl)c1)c1ncc(-c2cnc[nH]2)cn1. The highest BCUT2D eigenvalue weighted by atomic mass is 35.5. The third-order valence-electron chi connectivity index (χ3n) is 4.96. The number of carbonyl (C=O) groups is 1. The Morgan fingerprint density at radius 1 is 1.12 bits per heavy atom. The van der Waals surface area contributed by atoms with Crippen molar-refractivity contribution >= 4 is 34.5 Å². The Balaban J connectivity index is 1.48. The first-order valence-corrected chi connectivity index (χ1v) is 10.3. The number of carbonyl (C=O) groups excluding carboxylic acids is 1. The average Bonchev–Trinajstić information content (AvgIpc) is 3.48. The molecule has 0 aliphatic heterocycles. The normalized spacial score (nSPS) is 11.1. The standard InChI is InChI=1S/C22H16ClFN8O/c23-16-5-14(6-17(24)7-16)11-31(22-26-8-15(9-27-22)19-10-25-13-28-19)21(33)12-32-20-4-2-1-3-18(20)29-30-32/h1-10,13H,11-12H2,(H,25,28). The Labute approximate surface area is 191 Å². The van der Waals surface area contributed by atoms with E-state index in [9.17, 15) is 9.18 Å². The van der Waals surface area contributed by atoms with E-state index in [-0.39, 0.29) is 30.0 Å².